The number of carbonyl (C=O) groups is 1. The molecule has 30 heavy (non-hydrogen) atoms. The van der Waals surface area contributed by atoms with Gasteiger partial charge in [0.2, 0.25) is 5.89 Å². The summed E-state index contributed by atoms with van der Waals surface area (Å²) in [5.74, 6) is 1.53. The van der Waals surface area contributed by atoms with Gasteiger partial charge in [-0.3, -0.25) is 10.1 Å². The summed E-state index contributed by atoms with van der Waals surface area (Å²) < 4.78 is 21.6. The first-order valence-electron chi connectivity index (χ1n) is 8.71. The van der Waals surface area contributed by atoms with Crippen molar-refractivity contribution in [2.75, 3.05) is 19.5 Å². The number of benzene rings is 2. The maximum absolute atomic E-state index is 12.4. The van der Waals surface area contributed by atoms with Crippen molar-refractivity contribution in [1.29, 1.82) is 0 Å². The first-order chi connectivity index (χ1) is 14.7. The number of methoxy groups -OCH3 is 2. The Kier molecular flexibility index (Phi) is 5.57. The SMILES string of the molecule is COc1ccc(-c2nnc(NC(=O)c3ccc(Oc4nccs4)cc3)o2)cc1OC. The number of hydrogen-bond acceptors (Lipinski definition) is 9. The van der Waals surface area contributed by atoms with Crippen LogP contribution in [0.4, 0.5) is 6.01 Å². The highest BCUT2D eigenvalue weighted by atomic mass is 32.1. The maximum atomic E-state index is 12.4. The van der Waals surface area contributed by atoms with Crippen LogP contribution >= 0.6 is 11.3 Å². The number of anilines is 1. The summed E-state index contributed by atoms with van der Waals surface area (Å²) in [7, 11) is 3.09. The molecule has 0 radical (unpaired) electrons. The van der Waals surface area contributed by atoms with Crippen LogP contribution in [0, 0.1) is 0 Å². The van der Waals surface area contributed by atoms with Gasteiger partial charge in [0.05, 0.1) is 14.2 Å². The summed E-state index contributed by atoms with van der Waals surface area (Å²) in [5, 5.41) is 12.8. The fourth-order valence-electron chi connectivity index (χ4n) is 2.56. The van der Waals surface area contributed by atoms with E-state index in [1.54, 1.807) is 55.8 Å². The van der Waals surface area contributed by atoms with Crippen molar-refractivity contribution in [3.63, 3.8) is 0 Å². The topological polar surface area (TPSA) is 109 Å². The van der Waals surface area contributed by atoms with Crippen LogP contribution in [0.5, 0.6) is 22.4 Å². The van der Waals surface area contributed by atoms with Gasteiger partial charge in [0.1, 0.15) is 5.75 Å². The number of rotatable bonds is 7. The molecule has 0 aliphatic carbocycles. The van der Waals surface area contributed by atoms with E-state index in [1.807, 2.05) is 5.38 Å². The summed E-state index contributed by atoms with van der Waals surface area (Å²) in [6.45, 7) is 0. The van der Waals surface area contributed by atoms with E-state index in [-0.39, 0.29) is 11.9 Å². The highest BCUT2D eigenvalue weighted by Gasteiger charge is 2.15. The second-order valence-corrected chi connectivity index (χ2v) is 6.72. The lowest BCUT2D eigenvalue weighted by Gasteiger charge is -2.07. The van der Waals surface area contributed by atoms with Crippen LogP contribution in [0.25, 0.3) is 11.5 Å². The first-order valence-corrected chi connectivity index (χ1v) is 9.59. The number of carbonyl (C=O) groups excluding carboxylic acids is 1. The standard InChI is InChI=1S/C20H16N4O5S/c1-26-15-8-5-13(11-16(15)27-2)18-23-24-19(29-18)22-17(25)12-3-6-14(7-4-12)28-20-21-9-10-30-20/h3-11H,1-2H3,(H,22,24,25). The second kappa shape index (κ2) is 8.62. The minimum absolute atomic E-state index is 0.0205. The summed E-state index contributed by atoms with van der Waals surface area (Å²) in [5.41, 5.74) is 1.04. The molecule has 0 atom stereocenters. The van der Waals surface area contributed by atoms with E-state index in [1.165, 1.54) is 18.4 Å². The molecule has 1 N–H and O–H groups in total. The molecule has 4 aromatic rings. The Hall–Kier alpha value is -3.92. The van der Waals surface area contributed by atoms with Gasteiger partial charge >= 0.3 is 6.01 Å². The average molecular weight is 424 g/mol. The van der Waals surface area contributed by atoms with E-state index in [4.69, 9.17) is 18.6 Å². The third-order valence-corrected chi connectivity index (χ3v) is 4.66. The van der Waals surface area contributed by atoms with E-state index < -0.39 is 5.91 Å². The lowest BCUT2D eigenvalue weighted by molar-refractivity contribution is 0.102. The molecule has 2 aromatic heterocycles. The van der Waals surface area contributed by atoms with E-state index in [0.29, 0.717) is 33.6 Å². The third-order valence-electron chi connectivity index (χ3n) is 4.01. The number of thiazole rings is 1. The van der Waals surface area contributed by atoms with Crippen molar-refractivity contribution in [2.24, 2.45) is 0 Å². The van der Waals surface area contributed by atoms with Gasteiger partial charge in [-0.1, -0.05) is 16.4 Å². The average Bonchev–Trinajstić information content (AvgIpc) is 3.46. The molecule has 0 spiro atoms. The number of amides is 1. The second-order valence-electron chi connectivity index (χ2n) is 5.86. The van der Waals surface area contributed by atoms with Crippen molar-refractivity contribution in [3.8, 4) is 33.9 Å². The third kappa shape index (κ3) is 4.23. The van der Waals surface area contributed by atoms with E-state index in [2.05, 4.69) is 20.5 Å². The predicted molar refractivity (Wildman–Crippen MR) is 109 cm³/mol. The van der Waals surface area contributed by atoms with Gasteiger partial charge in [0.25, 0.3) is 11.1 Å². The fourth-order valence-corrected chi connectivity index (χ4v) is 3.07. The molecule has 2 heterocycles. The van der Waals surface area contributed by atoms with Gasteiger partial charge in [-0.2, -0.15) is 0 Å². The molecule has 0 aliphatic heterocycles. The monoisotopic (exact) mass is 424 g/mol. The Balaban J connectivity index is 1.44. The summed E-state index contributed by atoms with van der Waals surface area (Å²) in [6, 6.07) is 11.8. The molecule has 0 saturated carbocycles. The first kappa shape index (κ1) is 19.4. The maximum Gasteiger partial charge on any atom is 0.322 e. The lowest BCUT2D eigenvalue weighted by Crippen LogP contribution is -2.11. The summed E-state index contributed by atoms with van der Waals surface area (Å²) >= 11 is 1.38. The number of nitrogens with zero attached hydrogens (tertiary/aromatic N) is 3. The molecule has 0 fully saturated rings. The highest BCUT2D eigenvalue weighted by molar-refractivity contribution is 7.11. The van der Waals surface area contributed by atoms with Crippen LogP contribution in [-0.4, -0.2) is 35.3 Å². The molecule has 0 saturated heterocycles. The normalized spacial score (nSPS) is 10.5. The Bertz CT molecular complexity index is 1140. The Labute approximate surface area is 175 Å². The lowest BCUT2D eigenvalue weighted by atomic mass is 10.2. The van der Waals surface area contributed by atoms with Crippen molar-refractivity contribution in [3.05, 3.63) is 59.6 Å². The zero-order valence-corrected chi connectivity index (χ0v) is 16.8. The minimum atomic E-state index is -0.390. The Morgan fingerprint density at radius 1 is 1.03 bits per heavy atom. The molecule has 4 rings (SSSR count). The van der Waals surface area contributed by atoms with Gasteiger partial charge in [0, 0.05) is 22.7 Å². The van der Waals surface area contributed by atoms with Crippen LogP contribution in [0.3, 0.4) is 0 Å². The molecule has 0 bridgehead atoms. The predicted octanol–water partition coefficient (Wildman–Crippen LogP) is 4.25. The van der Waals surface area contributed by atoms with E-state index in [9.17, 15) is 4.79 Å². The van der Waals surface area contributed by atoms with Crippen LogP contribution < -0.4 is 19.5 Å². The van der Waals surface area contributed by atoms with Crippen LogP contribution in [0.15, 0.2) is 58.5 Å². The molecule has 0 unspecified atom stereocenters. The molecule has 0 aliphatic rings. The van der Waals surface area contributed by atoms with Gasteiger partial charge in [-0.15, -0.1) is 5.10 Å². The van der Waals surface area contributed by atoms with Gasteiger partial charge < -0.3 is 18.6 Å². The van der Waals surface area contributed by atoms with Gasteiger partial charge in [-0.05, 0) is 42.5 Å². The quantitative estimate of drug-likeness (QED) is 0.469. The van der Waals surface area contributed by atoms with Gasteiger partial charge in [-0.25, -0.2) is 4.98 Å². The molecule has 10 heteroatoms. The molecular formula is C20H16N4O5S. The van der Waals surface area contributed by atoms with Crippen LogP contribution in [0.1, 0.15) is 10.4 Å². The number of nitrogens with one attached hydrogen (secondary N) is 1. The number of hydrogen-bond donors (Lipinski definition) is 1. The minimum Gasteiger partial charge on any atom is -0.493 e. The molecule has 152 valence electrons. The smallest absolute Gasteiger partial charge is 0.322 e. The molecule has 2 aromatic carbocycles. The van der Waals surface area contributed by atoms with Crippen molar-refractivity contribution >= 4 is 23.3 Å². The molecular weight excluding hydrogens is 408 g/mol. The molecule has 9 nitrogen and oxygen atoms in total. The summed E-state index contributed by atoms with van der Waals surface area (Å²) in [6.07, 6.45) is 1.66. The van der Waals surface area contributed by atoms with E-state index >= 15 is 0 Å². The van der Waals surface area contributed by atoms with Crippen molar-refractivity contribution < 1.29 is 23.4 Å². The van der Waals surface area contributed by atoms with Crippen LogP contribution in [0.2, 0.25) is 0 Å². The fraction of sp³-hybridized carbons (Fsp3) is 0.100. The Morgan fingerprint density at radius 2 is 1.83 bits per heavy atom. The zero-order valence-electron chi connectivity index (χ0n) is 16.0. The number of ether oxygens (including phenoxy) is 3. The zero-order chi connectivity index (χ0) is 20.9. The van der Waals surface area contributed by atoms with Crippen LogP contribution in [-0.2, 0) is 0 Å². The van der Waals surface area contributed by atoms with Crippen molar-refractivity contribution in [1.82, 2.24) is 15.2 Å². The summed E-state index contributed by atoms with van der Waals surface area (Å²) in [4.78, 5) is 16.5. The highest BCUT2D eigenvalue weighted by Crippen LogP contribution is 2.32. The number of aromatic nitrogens is 3. The van der Waals surface area contributed by atoms with Gasteiger partial charge in [0.15, 0.2) is 11.5 Å². The van der Waals surface area contributed by atoms with Crippen molar-refractivity contribution in [2.45, 2.75) is 0 Å². The Morgan fingerprint density at radius 3 is 2.53 bits per heavy atom. The largest absolute Gasteiger partial charge is 0.493 e. The van der Waals surface area contributed by atoms with E-state index in [0.717, 1.165) is 0 Å². The molecule has 1 amide bonds.